The van der Waals surface area contributed by atoms with Gasteiger partial charge in [-0.3, -0.25) is 0 Å². The summed E-state index contributed by atoms with van der Waals surface area (Å²) in [5, 5.41) is 0. The molecule has 1 fully saturated rings. The maximum absolute atomic E-state index is 12.6. The smallest absolute Gasteiger partial charge is 0.338 e. The number of rotatable bonds is 13. The standard InChI is InChI=1S/C30H40N2O5/c1-2-3-4-5-6-19-35-26-14-16-27(17-15-26)37-30(34)23-10-7-22(8-11-23)9-18-29(33)36-21-24-12-13-25(31)20-28(24)32/h7-13,18,20,26-27H,2-6,14-17,19,21,31-32H2,1H3. The van der Waals surface area contributed by atoms with Crippen LogP contribution in [-0.4, -0.2) is 30.8 Å². The number of hydrogen-bond acceptors (Lipinski definition) is 7. The van der Waals surface area contributed by atoms with Crippen molar-refractivity contribution >= 4 is 29.4 Å². The lowest BCUT2D eigenvalue weighted by Crippen LogP contribution is -2.28. The van der Waals surface area contributed by atoms with Crippen LogP contribution in [0.3, 0.4) is 0 Å². The van der Waals surface area contributed by atoms with Crippen LogP contribution < -0.4 is 11.5 Å². The summed E-state index contributed by atoms with van der Waals surface area (Å²) in [5.41, 5.74) is 14.5. The topological polar surface area (TPSA) is 114 Å². The monoisotopic (exact) mass is 508 g/mol. The molecule has 37 heavy (non-hydrogen) atoms. The molecule has 0 aliphatic heterocycles. The van der Waals surface area contributed by atoms with Crippen LogP contribution in [0, 0.1) is 0 Å². The second kappa shape index (κ2) is 15.1. The summed E-state index contributed by atoms with van der Waals surface area (Å²) in [4.78, 5) is 24.6. The molecule has 7 heteroatoms. The van der Waals surface area contributed by atoms with Crippen molar-refractivity contribution in [2.75, 3.05) is 18.1 Å². The third-order valence-corrected chi connectivity index (χ3v) is 6.59. The fourth-order valence-corrected chi connectivity index (χ4v) is 4.33. The number of carbonyl (C=O) groups excluding carboxylic acids is 2. The predicted octanol–water partition coefficient (Wildman–Crippen LogP) is 6.06. The van der Waals surface area contributed by atoms with Gasteiger partial charge in [0.25, 0.3) is 0 Å². The Morgan fingerprint density at radius 3 is 2.32 bits per heavy atom. The predicted molar refractivity (Wildman–Crippen MR) is 147 cm³/mol. The maximum atomic E-state index is 12.6. The van der Waals surface area contributed by atoms with Gasteiger partial charge in [-0.05, 0) is 68.0 Å². The Hall–Kier alpha value is -3.32. The van der Waals surface area contributed by atoms with Crippen molar-refractivity contribution in [1.29, 1.82) is 0 Å². The third-order valence-electron chi connectivity index (χ3n) is 6.59. The fourth-order valence-electron chi connectivity index (χ4n) is 4.33. The molecule has 4 N–H and O–H groups in total. The lowest BCUT2D eigenvalue weighted by molar-refractivity contribution is -0.138. The summed E-state index contributed by atoms with van der Waals surface area (Å²) in [6, 6.07) is 12.0. The van der Waals surface area contributed by atoms with E-state index in [1.165, 1.54) is 31.8 Å². The van der Waals surface area contributed by atoms with Crippen molar-refractivity contribution in [3.63, 3.8) is 0 Å². The van der Waals surface area contributed by atoms with Crippen molar-refractivity contribution in [1.82, 2.24) is 0 Å². The van der Waals surface area contributed by atoms with E-state index in [4.69, 9.17) is 25.7 Å². The van der Waals surface area contributed by atoms with Gasteiger partial charge in [0, 0.05) is 29.6 Å². The van der Waals surface area contributed by atoms with Gasteiger partial charge >= 0.3 is 11.9 Å². The summed E-state index contributed by atoms with van der Waals surface area (Å²) in [5.74, 6) is -0.813. The minimum absolute atomic E-state index is 0.0626. The zero-order valence-corrected chi connectivity index (χ0v) is 21.8. The Balaban J connectivity index is 1.36. The van der Waals surface area contributed by atoms with Crippen LogP contribution in [0.25, 0.3) is 6.08 Å². The van der Waals surface area contributed by atoms with Crippen LogP contribution in [0.15, 0.2) is 48.5 Å². The van der Waals surface area contributed by atoms with Crippen molar-refractivity contribution in [2.24, 2.45) is 0 Å². The molecule has 0 bridgehead atoms. The number of unbranched alkanes of at least 4 members (excludes halogenated alkanes) is 4. The number of hydrogen-bond donors (Lipinski definition) is 2. The first kappa shape index (κ1) is 28.3. The molecule has 0 saturated heterocycles. The molecule has 1 aliphatic rings. The normalized spacial score (nSPS) is 17.5. The molecule has 0 amide bonds. The summed E-state index contributed by atoms with van der Waals surface area (Å²) >= 11 is 0. The van der Waals surface area contributed by atoms with Crippen LogP contribution in [0.2, 0.25) is 0 Å². The summed E-state index contributed by atoms with van der Waals surface area (Å²) in [6.45, 7) is 3.11. The molecule has 2 aromatic carbocycles. The Bertz CT molecular complexity index is 1030. The van der Waals surface area contributed by atoms with Crippen LogP contribution >= 0.6 is 0 Å². The molecule has 200 valence electrons. The second-order valence-corrected chi connectivity index (χ2v) is 9.61. The third kappa shape index (κ3) is 9.92. The van der Waals surface area contributed by atoms with E-state index >= 15 is 0 Å². The van der Waals surface area contributed by atoms with E-state index in [2.05, 4.69) is 6.92 Å². The Labute approximate surface area is 220 Å². The van der Waals surface area contributed by atoms with Crippen molar-refractivity contribution in [2.45, 2.75) is 83.5 Å². The minimum atomic E-state index is -0.490. The molecule has 0 aromatic heterocycles. The van der Waals surface area contributed by atoms with Crippen LogP contribution in [0.1, 0.15) is 86.2 Å². The molecular weight excluding hydrogens is 468 g/mol. The van der Waals surface area contributed by atoms with E-state index in [0.29, 0.717) is 22.5 Å². The average Bonchev–Trinajstić information content (AvgIpc) is 2.90. The molecule has 0 heterocycles. The van der Waals surface area contributed by atoms with E-state index in [-0.39, 0.29) is 24.8 Å². The first-order chi connectivity index (χ1) is 17.9. The second-order valence-electron chi connectivity index (χ2n) is 9.61. The lowest BCUT2D eigenvalue weighted by atomic mass is 9.95. The molecule has 0 unspecified atom stereocenters. The van der Waals surface area contributed by atoms with Gasteiger partial charge < -0.3 is 25.7 Å². The lowest BCUT2D eigenvalue weighted by Gasteiger charge is -2.28. The van der Waals surface area contributed by atoms with Crippen LogP contribution in [0.4, 0.5) is 11.4 Å². The zero-order chi connectivity index (χ0) is 26.5. The number of esters is 2. The number of benzene rings is 2. The molecule has 1 saturated carbocycles. The molecule has 0 spiro atoms. The fraction of sp³-hybridized carbons (Fsp3) is 0.467. The van der Waals surface area contributed by atoms with Crippen molar-refractivity contribution < 1.29 is 23.8 Å². The van der Waals surface area contributed by atoms with Crippen LogP contribution in [0.5, 0.6) is 0 Å². The molecule has 0 radical (unpaired) electrons. The average molecular weight is 509 g/mol. The van der Waals surface area contributed by atoms with E-state index in [9.17, 15) is 9.59 Å². The Kier molecular flexibility index (Phi) is 11.5. The first-order valence-corrected chi connectivity index (χ1v) is 13.4. The van der Waals surface area contributed by atoms with Gasteiger partial charge in [0.05, 0.1) is 11.7 Å². The first-order valence-electron chi connectivity index (χ1n) is 13.4. The number of nitrogens with two attached hydrogens (primary N) is 2. The van der Waals surface area contributed by atoms with Gasteiger partial charge in [0.2, 0.25) is 0 Å². The summed E-state index contributed by atoms with van der Waals surface area (Å²) < 4.78 is 17.0. The maximum Gasteiger partial charge on any atom is 0.338 e. The van der Waals surface area contributed by atoms with Gasteiger partial charge in [0.15, 0.2) is 0 Å². The Morgan fingerprint density at radius 2 is 1.62 bits per heavy atom. The van der Waals surface area contributed by atoms with E-state index < -0.39 is 5.97 Å². The van der Waals surface area contributed by atoms with Crippen molar-refractivity contribution in [3.05, 3.63) is 65.2 Å². The molecular formula is C30H40N2O5. The van der Waals surface area contributed by atoms with Gasteiger partial charge in [0.1, 0.15) is 12.7 Å². The van der Waals surface area contributed by atoms with E-state index in [0.717, 1.165) is 44.3 Å². The number of ether oxygens (including phenoxy) is 3. The number of carbonyl (C=O) groups is 2. The van der Waals surface area contributed by atoms with Gasteiger partial charge in [-0.25, -0.2) is 9.59 Å². The minimum Gasteiger partial charge on any atom is -0.459 e. The van der Waals surface area contributed by atoms with Gasteiger partial charge in [-0.15, -0.1) is 0 Å². The van der Waals surface area contributed by atoms with E-state index in [1.807, 2.05) is 0 Å². The van der Waals surface area contributed by atoms with Gasteiger partial charge in [-0.1, -0.05) is 50.8 Å². The highest BCUT2D eigenvalue weighted by Crippen LogP contribution is 2.25. The number of nitrogen functional groups attached to an aromatic ring is 2. The summed E-state index contributed by atoms with van der Waals surface area (Å²) in [7, 11) is 0. The molecule has 0 atom stereocenters. The molecule has 3 rings (SSSR count). The largest absolute Gasteiger partial charge is 0.459 e. The molecule has 7 nitrogen and oxygen atoms in total. The quantitative estimate of drug-likeness (QED) is 0.146. The van der Waals surface area contributed by atoms with E-state index in [1.54, 1.807) is 48.5 Å². The highest BCUT2D eigenvalue weighted by Gasteiger charge is 2.24. The van der Waals surface area contributed by atoms with Gasteiger partial charge in [-0.2, -0.15) is 0 Å². The van der Waals surface area contributed by atoms with Crippen LogP contribution in [-0.2, 0) is 25.6 Å². The molecule has 1 aliphatic carbocycles. The van der Waals surface area contributed by atoms with Crippen molar-refractivity contribution in [3.8, 4) is 0 Å². The summed E-state index contributed by atoms with van der Waals surface area (Å²) in [6.07, 6.45) is 12.9. The Morgan fingerprint density at radius 1 is 0.919 bits per heavy atom. The number of anilines is 2. The molecule has 2 aromatic rings. The SMILES string of the molecule is CCCCCCCOC1CCC(OC(=O)c2ccc(C=CC(=O)OCc3ccc(N)cc3N)cc2)CC1. The highest BCUT2D eigenvalue weighted by atomic mass is 16.5. The highest BCUT2D eigenvalue weighted by molar-refractivity contribution is 5.90. The zero-order valence-electron chi connectivity index (χ0n) is 21.8.